The Labute approximate surface area is 183 Å². The van der Waals surface area contributed by atoms with Crippen molar-refractivity contribution in [3.8, 4) is 5.75 Å². The SMILES string of the molecule is CC(C)n1nnnc1COc1ccc(C(=O)Nc2cnn(Cc3cccc(F)c3)c2)cc1. The van der Waals surface area contributed by atoms with Crippen molar-refractivity contribution in [3.63, 3.8) is 0 Å². The minimum Gasteiger partial charge on any atom is -0.486 e. The second kappa shape index (κ2) is 9.38. The van der Waals surface area contributed by atoms with Gasteiger partial charge in [0.1, 0.15) is 18.2 Å². The Kier molecular flexibility index (Phi) is 6.20. The molecule has 0 aliphatic heterocycles. The van der Waals surface area contributed by atoms with Gasteiger partial charge in [0.2, 0.25) is 0 Å². The number of nitrogens with one attached hydrogen (secondary N) is 1. The molecule has 4 rings (SSSR count). The van der Waals surface area contributed by atoms with Crippen LogP contribution in [0.3, 0.4) is 0 Å². The predicted molar refractivity (Wildman–Crippen MR) is 115 cm³/mol. The van der Waals surface area contributed by atoms with Crippen LogP contribution in [0.1, 0.15) is 41.6 Å². The van der Waals surface area contributed by atoms with Gasteiger partial charge in [-0.05, 0) is 66.2 Å². The number of aromatic nitrogens is 6. The molecule has 10 heteroatoms. The highest BCUT2D eigenvalue weighted by molar-refractivity contribution is 6.04. The standard InChI is InChI=1S/C22H22FN7O2/c1-15(2)30-21(26-27-28-30)14-32-20-8-6-17(7-9-20)22(31)25-19-11-24-29(13-19)12-16-4-3-5-18(23)10-16/h3-11,13,15H,12,14H2,1-2H3,(H,25,31). The molecular weight excluding hydrogens is 413 g/mol. The van der Waals surface area contributed by atoms with Crippen LogP contribution in [0.5, 0.6) is 5.75 Å². The Morgan fingerprint density at radius 3 is 2.75 bits per heavy atom. The average molecular weight is 435 g/mol. The summed E-state index contributed by atoms with van der Waals surface area (Å²) in [7, 11) is 0. The van der Waals surface area contributed by atoms with Crippen molar-refractivity contribution in [1.29, 1.82) is 0 Å². The molecule has 0 aliphatic carbocycles. The molecule has 9 nitrogen and oxygen atoms in total. The summed E-state index contributed by atoms with van der Waals surface area (Å²) in [6.45, 7) is 4.60. The lowest BCUT2D eigenvalue weighted by Gasteiger charge is -2.09. The van der Waals surface area contributed by atoms with Crippen LogP contribution in [0.2, 0.25) is 0 Å². The summed E-state index contributed by atoms with van der Waals surface area (Å²) >= 11 is 0. The molecule has 32 heavy (non-hydrogen) atoms. The van der Waals surface area contributed by atoms with E-state index in [1.165, 1.54) is 12.1 Å². The number of halogens is 1. The van der Waals surface area contributed by atoms with Gasteiger partial charge in [-0.2, -0.15) is 5.10 Å². The maximum Gasteiger partial charge on any atom is 0.255 e. The third-order valence-corrected chi connectivity index (χ3v) is 4.66. The van der Waals surface area contributed by atoms with Crippen molar-refractivity contribution in [2.45, 2.75) is 33.0 Å². The van der Waals surface area contributed by atoms with E-state index in [1.807, 2.05) is 19.9 Å². The van der Waals surface area contributed by atoms with Crippen molar-refractivity contribution < 1.29 is 13.9 Å². The zero-order chi connectivity index (χ0) is 22.5. The zero-order valence-electron chi connectivity index (χ0n) is 17.6. The molecule has 0 radical (unpaired) electrons. The summed E-state index contributed by atoms with van der Waals surface area (Å²) in [6.07, 6.45) is 3.24. The molecule has 0 fully saturated rings. The van der Waals surface area contributed by atoms with Gasteiger partial charge in [-0.1, -0.05) is 12.1 Å². The van der Waals surface area contributed by atoms with E-state index in [1.54, 1.807) is 52.1 Å². The van der Waals surface area contributed by atoms with Crippen molar-refractivity contribution >= 4 is 11.6 Å². The number of hydrogen-bond donors (Lipinski definition) is 1. The van der Waals surface area contributed by atoms with Crippen LogP contribution in [0.4, 0.5) is 10.1 Å². The molecule has 0 bridgehead atoms. The van der Waals surface area contributed by atoms with Gasteiger partial charge < -0.3 is 10.1 Å². The van der Waals surface area contributed by atoms with E-state index in [2.05, 4.69) is 25.9 Å². The lowest BCUT2D eigenvalue weighted by molar-refractivity contribution is 0.102. The van der Waals surface area contributed by atoms with Gasteiger partial charge in [0.15, 0.2) is 5.82 Å². The fourth-order valence-corrected chi connectivity index (χ4v) is 3.10. The lowest BCUT2D eigenvalue weighted by atomic mass is 10.2. The maximum absolute atomic E-state index is 13.3. The monoisotopic (exact) mass is 435 g/mol. The number of tetrazole rings is 1. The van der Waals surface area contributed by atoms with Crippen molar-refractivity contribution in [1.82, 2.24) is 30.0 Å². The first-order valence-corrected chi connectivity index (χ1v) is 10.1. The van der Waals surface area contributed by atoms with Crippen LogP contribution in [0.25, 0.3) is 0 Å². The first-order chi connectivity index (χ1) is 15.5. The van der Waals surface area contributed by atoms with Crippen LogP contribution < -0.4 is 10.1 Å². The van der Waals surface area contributed by atoms with Gasteiger partial charge in [-0.25, -0.2) is 9.07 Å². The Bertz CT molecular complexity index is 1200. The van der Waals surface area contributed by atoms with Gasteiger partial charge >= 0.3 is 0 Å². The van der Waals surface area contributed by atoms with Gasteiger partial charge in [0, 0.05) is 11.8 Å². The first-order valence-electron chi connectivity index (χ1n) is 10.1. The van der Waals surface area contributed by atoms with E-state index in [0.717, 1.165) is 5.56 Å². The fraction of sp³-hybridized carbons (Fsp3) is 0.227. The minimum absolute atomic E-state index is 0.132. The molecule has 0 saturated heterocycles. The molecule has 2 aromatic heterocycles. The normalized spacial score (nSPS) is 11.0. The molecule has 2 aromatic carbocycles. The first kappa shape index (κ1) is 21.2. The number of benzene rings is 2. The smallest absolute Gasteiger partial charge is 0.255 e. The van der Waals surface area contributed by atoms with E-state index in [0.29, 0.717) is 29.4 Å². The van der Waals surface area contributed by atoms with Crippen LogP contribution in [0.15, 0.2) is 60.9 Å². The van der Waals surface area contributed by atoms with Gasteiger partial charge in [0.05, 0.1) is 24.5 Å². The van der Waals surface area contributed by atoms with E-state index >= 15 is 0 Å². The third-order valence-electron chi connectivity index (χ3n) is 4.66. The summed E-state index contributed by atoms with van der Waals surface area (Å²) in [4.78, 5) is 12.5. The Hall–Kier alpha value is -4.08. The third kappa shape index (κ3) is 5.15. The summed E-state index contributed by atoms with van der Waals surface area (Å²) in [6, 6.07) is 13.2. The number of nitrogens with zero attached hydrogens (tertiary/aromatic N) is 6. The van der Waals surface area contributed by atoms with Crippen LogP contribution >= 0.6 is 0 Å². The lowest BCUT2D eigenvalue weighted by Crippen LogP contribution is -2.12. The molecule has 1 N–H and O–H groups in total. The van der Waals surface area contributed by atoms with Gasteiger partial charge in [-0.15, -0.1) is 5.10 Å². The van der Waals surface area contributed by atoms with E-state index in [-0.39, 0.29) is 24.4 Å². The number of ether oxygens (including phenoxy) is 1. The van der Waals surface area contributed by atoms with E-state index in [9.17, 15) is 9.18 Å². The average Bonchev–Trinajstić information content (AvgIpc) is 3.42. The fourth-order valence-electron chi connectivity index (χ4n) is 3.10. The molecule has 0 atom stereocenters. The molecule has 2 heterocycles. The zero-order valence-corrected chi connectivity index (χ0v) is 17.6. The number of carbonyl (C=O) groups excluding carboxylic acids is 1. The Morgan fingerprint density at radius 1 is 1.19 bits per heavy atom. The number of amides is 1. The summed E-state index contributed by atoms with van der Waals surface area (Å²) in [5, 5.41) is 18.6. The molecule has 0 unspecified atom stereocenters. The largest absolute Gasteiger partial charge is 0.486 e. The molecular formula is C22H22FN7O2. The van der Waals surface area contributed by atoms with Crippen molar-refractivity contribution in [2.75, 3.05) is 5.32 Å². The van der Waals surface area contributed by atoms with Crippen LogP contribution in [-0.2, 0) is 13.2 Å². The number of carbonyl (C=O) groups is 1. The molecule has 0 spiro atoms. The van der Waals surface area contributed by atoms with Crippen LogP contribution in [0, 0.1) is 5.82 Å². The number of hydrogen-bond acceptors (Lipinski definition) is 6. The van der Waals surface area contributed by atoms with Gasteiger partial charge in [-0.3, -0.25) is 9.48 Å². The minimum atomic E-state index is -0.297. The molecule has 1 amide bonds. The summed E-state index contributed by atoms with van der Waals surface area (Å²) in [5.74, 6) is 0.652. The quantitative estimate of drug-likeness (QED) is 0.455. The summed E-state index contributed by atoms with van der Waals surface area (Å²) < 4.78 is 22.4. The Morgan fingerprint density at radius 2 is 2.00 bits per heavy atom. The molecule has 0 aliphatic rings. The van der Waals surface area contributed by atoms with Gasteiger partial charge in [0.25, 0.3) is 5.91 Å². The highest BCUT2D eigenvalue weighted by atomic mass is 19.1. The van der Waals surface area contributed by atoms with E-state index in [4.69, 9.17) is 4.74 Å². The highest BCUT2D eigenvalue weighted by Crippen LogP contribution is 2.16. The van der Waals surface area contributed by atoms with Crippen LogP contribution in [-0.4, -0.2) is 35.9 Å². The highest BCUT2D eigenvalue weighted by Gasteiger charge is 2.11. The second-order valence-electron chi connectivity index (χ2n) is 7.46. The molecule has 164 valence electrons. The molecule has 0 saturated carbocycles. The number of anilines is 1. The van der Waals surface area contributed by atoms with Crippen molar-refractivity contribution in [2.24, 2.45) is 0 Å². The number of rotatable bonds is 8. The predicted octanol–water partition coefficient (Wildman–Crippen LogP) is 3.47. The summed E-state index contributed by atoms with van der Waals surface area (Å²) in [5.41, 5.74) is 1.80. The van der Waals surface area contributed by atoms with E-state index < -0.39 is 0 Å². The second-order valence-corrected chi connectivity index (χ2v) is 7.46. The topological polar surface area (TPSA) is 99.8 Å². The molecule has 4 aromatic rings. The maximum atomic E-state index is 13.3. The van der Waals surface area contributed by atoms with Crippen molar-refractivity contribution in [3.05, 3.63) is 83.7 Å². The Balaban J connectivity index is 1.33.